The first-order chi connectivity index (χ1) is 2.77. The van der Waals surface area contributed by atoms with E-state index in [9.17, 15) is 0 Å². The first kappa shape index (κ1) is 16.1. The second-order valence-electron chi connectivity index (χ2n) is 1.89. The largest absolute Gasteiger partial charge is 2.00 e. The van der Waals surface area contributed by atoms with Crippen molar-refractivity contribution < 1.29 is 17.0 Å². The van der Waals surface area contributed by atoms with Gasteiger partial charge in [-0.1, -0.05) is 20.8 Å². The summed E-state index contributed by atoms with van der Waals surface area (Å²) in [6.07, 6.45) is 3.50. The fourth-order valence-corrected chi connectivity index (χ4v) is 0.471. The van der Waals surface area contributed by atoms with Crippen molar-refractivity contribution in [3.05, 3.63) is 6.42 Å². The molecule has 0 bridgehead atoms. The second-order valence-corrected chi connectivity index (χ2v) is 1.89. The summed E-state index contributed by atoms with van der Waals surface area (Å²) >= 11 is 0. The van der Waals surface area contributed by atoms with Crippen molar-refractivity contribution >= 4 is 23.1 Å². The van der Waals surface area contributed by atoms with E-state index < -0.39 is 0 Å². The Morgan fingerprint density at radius 3 is 1.75 bits per heavy atom. The molecule has 0 amide bonds. The molecule has 0 saturated carbocycles. The van der Waals surface area contributed by atoms with E-state index in [2.05, 4.69) is 27.2 Å². The van der Waals surface area contributed by atoms with Gasteiger partial charge in [0.2, 0.25) is 0 Å². The molecule has 0 aromatic carbocycles. The third-order valence-electron chi connectivity index (χ3n) is 0.707. The maximum Gasteiger partial charge on any atom is 2.00 e. The SMILES string of the molecule is CC[CH-]C(C)C.[Br-].[Mg+2]. The molecule has 0 saturated heterocycles. The Bertz CT molecular complexity index is 29.7. The van der Waals surface area contributed by atoms with E-state index in [-0.39, 0.29) is 40.0 Å². The Morgan fingerprint density at radius 2 is 1.75 bits per heavy atom. The molecular formula is C6H13BrMg. The summed E-state index contributed by atoms with van der Waals surface area (Å²) in [7, 11) is 0. The van der Waals surface area contributed by atoms with Gasteiger partial charge in [-0.2, -0.15) is 12.3 Å². The molecule has 0 fully saturated rings. The van der Waals surface area contributed by atoms with Gasteiger partial charge in [0.1, 0.15) is 0 Å². The van der Waals surface area contributed by atoms with Crippen LogP contribution in [0.2, 0.25) is 0 Å². The van der Waals surface area contributed by atoms with E-state index >= 15 is 0 Å². The van der Waals surface area contributed by atoms with Crippen LogP contribution in [0.5, 0.6) is 0 Å². The summed E-state index contributed by atoms with van der Waals surface area (Å²) in [4.78, 5) is 0. The monoisotopic (exact) mass is 188 g/mol. The van der Waals surface area contributed by atoms with Crippen molar-refractivity contribution in [2.75, 3.05) is 0 Å². The molecule has 0 N–H and O–H groups in total. The maximum atomic E-state index is 2.29. The molecule has 2 heteroatoms. The van der Waals surface area contributed by atoms with Crippen molar-refractivity contribution in [3.8, 4) is 0 Å². The summed E-state index contributed by atoms with van der Waals surface area (Å²) < 4.78 is 0. The Hall–Kier alpha value is 1.25. The van der Waals surface area contributed by atoms with E-state index in [0.717, 1.165) is 5.92 Å². The molecule has 0 unspecified atom stereocenters. The normalized spacial score (nSPS) is 7.50. The van der Waals surface area contributed by atoms with Gasteiger partial charge in [0, 0.05) is 0 Å². The summed E-state index contributed by atoms with van der Waals surface area (Å²) in [6.45, 7) is 6.56. The topological polar surface area (TPSA) is 0 Å². The van der Waals surface area contributed by atoms with Crippen molar-refractivity contribution in [2.24, 2.45) is 5.92 Å². The molecule has 0 atom stereocenters. The molecular weight excluding hydrogens is 176 g/mol. The predicted octanol–water partition coefficient (Wildman–Crippen LogP) is -1.12. The third-order valence-corrected chi connectivity index (χ3v) is 0.707. The summed E-state index contributed by atoms with van der Waals surface area (Å²) in [5.41, 5.74) is 0. The smallest absolute Gasteiger partial charge is 1.00 e. The van der Waals surface area contributed by atoms with Crippen molar-refractivity contribution in [1.29, 1.82) is 0 Å². The molecule has 46 valence electrons. The van der Waals surface area contributed by atoms with E-state index in [1.807, 2.05) is 0 Å². The molecule has 0 nitrogen and oxygen atoms in total. The third kappa shape index (κ3) is 15.7. The zero-order valence-electron chi connectivity index (χ0n) is 5.95. The Balaban J connectivity index is -0.000000125. The number of hydrogen-bond acceptors (Lipinski definition) is 0. The van der Waals surface area contributed by atoms with Gasteiger partial charge in [-0.15, -0.1) is 0 Å². The average molecular weight is 189 g/mol. The van der Waals surface area contributed by atoms with Gasteiger partial charge in [0.05, 0.1) is 0 Å². The van der Waals surface area contributed by atoms with E-state index in [4.69, 9.17) is 0 Å². The molecule has 0 rings (SSSR count). The second kappa shape index (κ2) is 11.1. The minimum Gasteiger partial charge on any atom is -1.00 e. The standard InChI is InChI=1S/C6H13.BrH.Mg/c1-4-5-6(2)3;;/h5-6H,4H2,1-3H3;1H;/q-1;;+2/p-1. The zero-order valence-corrected chi connectivity index (χ0v) is 8.95. The Kier molecular flexibility index (Phi) is 22.4. The van der Waals surface area contributed by atoms with Crippen LogP contribution in [0.1, 0.15) is 27.2 Å². The summed E-state index contributed by atoms with van der Waals surface area (Å²) in [6, 6.07) is 0. The minimum absolute atomic E-state index is 0. The molecule has 0 spiro atoms. The van der Waals surface area contributed by atoms with Crippen LogP contribution in [0.15, 0.2) is 0 Å². The van der Waals surface area contributed by atoms with Crippen LogP contribution in [-0.2, 0) is 0 Å². The summed E-state index contributed by atoms with van der Waals surface area (Å²) in [5, 5.41) is 0. The van der Waals surface area contributed by atoms with Gasteiger partial charge in [0.25, 0.3) is 0 Å². The van der Waals surface area contributed by atoms with Crippen LogP contribution in [0.4, 0.5) is 0 Å². The average Bonchev–Trinajstić information content (AvgIpc) is 1.35. The van der Waals surface area contributed by atoms with Gasteiger partial charge < -0.3 is 23.4 Å². The molecule has 0 aromatic heterocycles. The molecule has 0 heterocycles. The Morgan fingerprint density at radius 1 is 1.38 bits per heavy atom. The first-order valence-electron chi connectivity index (χ1n) is 2.60. The minimum atomic E-state index is 0. The molecule has 0 aliphatic carbocycles. The van der Waals surface area contributed by atoms with E-state index in [1.165, 1.54) is 6.42 Å². The molecule has 0 radical (unpaired) electrons. The fourth-order valence-electron chi connectivity index (χ4n) is 0.471. The predicted molar refractivity (Wildman–Crippen MR) is 35.2 cm³/mol. The molecule has 0 aromatic rings. The number of hydrogen-bond donors (Lipinski definition) is 0. The van der Waals surface area contributed by atoms with E-state index in [0.29, 0.717) is 0 Å². The first-order valence-corrected chi connectivity index (χ1v) is 2.60. The molecule has 0 aliphatic heterocycles. The molecule has 0 aliphatic rings. The van der Waals surface area contributed by atoms with Crippen molar-refractivity contribution in [2.45, 2.75) is 27.2 Å². The maximum absolute atomic E-state index is 2.29. The van der Waals surface area contributed by atoms with Crippen LogP contribution in [0.25, 0.3) is 0 Å². The zero-order chi connectivity index (χ0) is 4.99. The van der Waals surface area contributed by atoms with Crippen LogP contribution in [-0.4, -0.2) is 23.1 Å². The van der Waals surface area contributed by atoms with Gasteiger partial charge in [-0.25, -0.2) is 0 Å². The summed E-state index contributed by atoms with van der Waals surface area (Å²) in [5.74, 6) is 0.773. The van der Waals surface area contributed by atoms with E-state index in [1.54, 1.807) is 0 Å². The van der Waals surface area contributed by atoms with Crippen molar-refractivity contribution in [3.63, 3.8) is 0 Å². The van der Waals surface area contributed by atoms with Gasteiger partial charge in [0.15, 0.2) is 0 Å². The van der Waals surface area contributed by atoms with Crippen LogP contribution < -0.4 is 17.0 Å². The van der Waals surface area contributed by atoms with Gasteiger partial charge in [-0.05, 0) is 0 Å². The quantitative estimate of drug-likeness (QED) is 0.381. The number of halogens is 1. The fraction of sp³-hybridized carbons (Fsp3) is 0.833. The Labute approximate surface area is 79.3 Å². The van der Waals surface area contributed by atoms with Crippen molar-refractivity contribution in [1.82, 2.24) is 0 Å². The van der Waals surface area contributed by atoms with Crippen LogP contribution in [0, 0.1) is 12.3 Å². The van der Waals surface area contributed by atoms with Gasteiger partial charge >= 0.3 is 23.1 Å². The van der Waals surface area contributed by atoms with Crippen LogP contribution in [0.3, 0.4) is 0 Å². The van der Waals surface area contributed by atoms with Crippen LogP contribution >= 0.6 is 0 Å². The molecule has 8 heavy (non-hydrogen) atoms. The number of rotatable bonds is 2. The van der Waals surface area contributed by atoms with Gasteiger partial charge in [-0.3, -0.25) is 0 Å².